The van der Waals surface area contributed by atoms with Crippen LogP contribution in [0.3, 0.4) is 0 Å². The Hall–Kier alpha value is -3.20. The molecule has 0 saturated carbocycles. The maximum atomic E-state index is 14.0. The predicted molar refractivity (Wildman–Crippen MR) is 111 cm³/mol. The topological polar surface area (TPSA) is 87.8 Å². The van der Waals surface area contributed by atoms with Crippen LogP contribution in [0.2, 0.25) is 0 Å². The smallest absolute Gasteiger partial charge is 0.339 e. The van der Waals surface area contributed by atoms with Crippen LogP contribution in [0.25, 0.3) is 11.1 Å². The number of carboxylic acids is 1. The van der Waals surface area contributed by atoms with Crippen molar-refractivity contribution in [1.82, 2.24) is 10.3 Å². The Labute approximate surface area is 177 Å². The molecule has 9 heteroatoms. The van der Waals surface area contributed by atoms with Gasteiger partial charge in [-0.1, -0.05) is 12.1 Å². The number of hydrogen-bond donors (Lipinski definition) is 2. The molecule has 31 heavy (non-hydrogen) atoms. The summed E-state index contributed by atoms with van der Waals surface area (Å²) in [5, 5.41) is 12.8. The third kappa shape index (κ3) is 4.61. The number of nitrogens with zero attached hydrogens (tertiary/aromatic N) is 2. The van der Waals surface area contributed by atoms with Crippen LogP contribution in [-0.4, -0.2) is 48.5 Å². The molecule has 0 spiro atoms. The molecule has 164 valence electrons. The highest BCUT2D eigenvalue weighted by molar-refractivity contribution is 6.00. The fraction of sp³-hybridized carbons (Fsp3) is 0.364. The molecule has 4 rings (SSSR count). The maximum Gasteiger partial charge on any atom is 0.339 e. The zero-order chi connectivity index (χ0) is 21.8. The van der Waals surface area contributed by atoms with Gasteiger partial charge in [-0.25, -0.2) is 13.6 Å². The largest absolute Gasteiger partial charge is 0.488 e. The molecule has 0 aliphatic carbocycles. The monoisotopic (exact) mass is 431 g/mol. The first-order valence-corrected chi connectivity index (χ1v) is 10.1. The van der Waals surface area contributed by atoms with Gasteiger partial charge in [0.1, 0.15) is 24.4 Å². The van der Waals surface area contributed by atoms with Gasteiger partial charge in [0.15, 0.2) is 17.1 Å². The zero-order valence-electron chi connectivity index (χ0n) is 16.8. The number of halogens is 2. The minimum atomic E-state index is -1.09. The lowest BCUT2D eigenvalue weighted by Gasteiger charge is -2.33. The molecule has 0 bridgehead atoms. The fourth-order valence-electron chi connectivity index (χ4n) is 3.80. The van der Waals surface area contributed by atoms with Crippen LogP contribution in [0.5, 0.6) is 5.75 Å². The summed E-state index contributed by atoms with van der Waals surface area (Å²) in [6.45, 7) is 1.08. The van der Waals surface area contributed by atoms with E-state index >= 15 is 0 Å². The Kier molecular flexibility index (Phi) is 6.31. The van der Waals surface area contributed by atoms with E-state index in [1.165, 1.54) is 12.1 Å². The number of para-hydroxylation sites is 1. The van der Waals surface area contributed by atoms with Gasteiger partial charge in [0.05, 0.1) is 0 Å². The second-order valence-corrected chi connectivity index (χ2v) is 7.37. The number of fused-ring (bicyclic) bond motifs is 1. The average molecular weight is 431 g/mol. The molecule has 1 aliphatic heterocycles. The summed E-state index contributed by atoms with van der Waals surface area (Å²) < 4.78 is 37.6. The molecule has 2 heterocycles. The van der Waals surface area contributed by atoms with Crippen LogP contribution in [0, 0.1) is 5.82 Å². The molecule has 0 unspecified atom stereocenters. The van der Waals surface area contributed by atoms with E-state index in [1.807, 2.05) is 4.90 Å². The number of rotatable bonds is 8. The van der Waals surface area contributed by atoms with Crippen LogP contribution in [-0.2, 0) is 6.54 Å². The number of carbonyl (C=O) groups is 1. The molecule has 1 aliphatic rings. The van der Waals surface area contributed by atoms with Gasteiger partial charge in [0.25, 0.3) is 6.01 Å². The molecule has 0 amide bonds. The number of carboxylic acid groups (broad SMARTS) is 1. The van der Waals surface area contributed by atoms with Crippen LogP contribution in [0.4, 0.5) is 14.8 Å². The lowest BCUT2D eigenvalue weighted by molar-refractivity contribution is 0.0698. The molecule has 0 radical (unpaired) electrons. The second kappa shape index (κ2) is 9.30. The van der Waals surface area contributed by atoms with E-state index < -0.39 is 18.5 Å². The first-order valence-electron chi connectivity index (χ1n) is 10.1. The molecule has 7 nitrogen and oxygen atoms in total. The SMILES string of the molecule is O=C(O)c1cccc2nc(N(Cc3ccc(F)c(OCCF)c3)C3CCNCC3)oc12. The first-order chi connectivity index (χ1) is 15.1. The van der Waals surface area contributed by atoms with Crippen LogP contribution >= 0.6 is 0 Å². The van der Waals surface area contributed by atoms with E-state index in [9.17, 15) is 18.7 Å². The Bertz CT molecular complexity index is 1070. The number of ether oxygens (including phenoxy) is 1. The van der Waals surface area contributed by atoms with E-state index in [-0.39, 0.29) is 29.5 Å². The average Bonchev–Trinajstić information content (AvgIpc) is 3.22. The maximum absolute atomic E-state index is 14.0. The van der Waals surface area contributed by atoms with Gasteiger partial charge >= 0.3 is 5.97 Å². The van der Waals surface area contributed by atoms with Gasteiger partial charge in [-0.15, -0.1) is 0 Å². The highest BCUT2D eigenvalue weighted by atomic mass is 19.1. The van der Waals surface area contributed by atoms with Crippen molar-refractivity contribution in [3.63, 3.8) is 0 Å². The summed E-state index contributed by atoms with van der Waals surface area (Å²) in [5.74, 6) is -1.65. The second-order valence-electron chi connectivity index (χ2n) is 7.37. The van der Waals surface area contributed by atoms with Crippen LogP contribution in [0.15, 0.2) is 40.8 Å². The van der Waals surface area contributed by atoms with Gasteiger partial charge in [0.2, 0.25) is 0 Å². The van der Waals surface area contributed by atoms with E-state index in [1.54, 1.807) is 24.3 Å². The number of anilines is 1. The lowest BCUT2D eigenvalue weighted by atomic mass is 10.0. The summed E-state index contributed by atoms with van der Waals surface area (Å²) >= 11 is 0. The highest BCUT2D eigenvalue weighted by Crippen LogP contribution is 2.30. The van der Waals surface area contributed by atoms with E-state index in [0.29, 0.717) is 18.1 Å². The van der Waals surface area contributed by atoms with E-state index in [2.05, 4.69) is 10.3 Å². The number of aromatic carboxylic acids is 1. The quantitative estimate of drug-likeness (QED) is 0.561. The molecule has 2 aromatic carbocycles. The predicted octanol–water partition coefficient (Wildman–Crippen LogP) is 3.77. The number of nitrogens with one attached hydrogen (secondary N) is 1. The molecule has 1 fully saturated rings. The number of piperidine rings is 1. The van der Waals surface area contributed by atoms with Crippen LogP contribution in [0.1, 0.15) is 28.8 Å². The summed E-state index contributed by atoms with van der Waals surface area (Å²) in [7, 11) is 0. The minimum Gasteiger partial charge on any atom is -0.488 e. The zero-order valence-corrected chi connectivity index (χ0v) is 16.8. The lowest BCUT2D eigenvalue weighted by Crippen LogP contribution is -2.43. The number of aromatic nitrogens is 1. The molecule has 1 aromatic heterocycles. The molecular weight excluding hydrogens is 408 g/mol. The number of hydrogen-bond acceptors (Lipinski definition) is 6. The van der Waals surface area contributed by atoms with E-state index in [0.717, 1.165) is 31.5 Å². The molecule has 3 aromatic rings. The van der Waals surface area contributed by atoms with Gasteiger partial charge < -0.3 is 24.5 Å². The highest BCUT2D eigenvalue weighted by Gasteiger charge is 2.27. The van der Waals surface area contributed by atoms with E-state index in [4.69, 9.17) is 9.15 Å². The summed E-state index contributed by atoms with van der Waals surface area (Å²) in [4.78, 5) is 18.1. The Morgan fingerprint density at radius 1 is 1.29 bits per heavy atom. The van der Waals surface area contributed by atoms with Gasteiger partial charge in [0, 0.05) is 12.6 Å². The molecular formula is C22H23F2N3O4. The molecule has 1 saturated heterocycles. The fourth-order valence-corrected chi connectivity index (χ4v) is 3.80. The first kappa shape index (κ1) is 21.0. The van der Waals surface area contributed by atoms with Crippen molar-refractivity contribution in [2.24, 2.45) is 0 Å². The summed E-state index contributed by atoms with van der Waals surface area (Å²) in [6.07, 6.45) is 1.69. The minimum absolute atomic E-state index is 0.00820. The van der Waals surface area contributed by atoms with Gasteiger partial charge in [-0.2, -0.15) is 4.98 Å². The Balaban J connectivity index is 1.69. The van der Waals surface area contributed by atoms with Crippen molar-refractivity contribution in [3.8, 4) is 5.75 Å². The van der Waals surface area contributed by atoms with Crippen molar-refractivity contribution in [3.05, 3.63) is 53.3 Å². The summed E-state index contributed by atoms with van der Waals surface area (Å²) in [5.41, 5.74) is 1.47. The Morgan fingerprint density at radius 3 is 2.84 bits per heavy atom. The normalized spacial score (nSPS) is 14.6. The van der Waals surface area contributed by atoms with Gasteiger partial charge in [-0.05, 0) is 55.8 Å². The van der Waals surface area contributed by atoms with Crippen molar-refractivity contribution in [2.45, 2.75) is 25.4 Å². The molecule has 0 atom stereocenters. The van der Waals surface area contributed by atoms with Crippen LogP contribution < -0.4 is 15.0 Å². The van der Waals surface area contributed by atoms with Crippen molar-refractivity contribution in [2.75, 3.05) is 31.3 Å². The Morgan fingerprint density at radius 2 is 2.10 bits per heavy atom. The third-order valence-electron chi connectivity index (χ3n) is 5.31. The standard InChI is InChI=1S/C22H23F2N3O4/c23-8-11-30-19-12-14(4-5-17(19)24)13-27(15-6-9-25-10-7-15)22-26-18-3-1-2-16(21(28)29)20(18)31-22/h1-5,12,15,25H,6-11,13H2,(H,28,29). The molecule has 2 N–H and O–H groups in total. The number of benzene rings is 2. The third-order valence-corrected chi connectivity index (χ3v) is 5.31. The van der Waals surface area contributed by atoms with Crippen molar-refractivity contribution in [1.29, 1.82) is 0 Å². The van der Waals surface area contributed by atoms with Crippen molar-refractivity contribution < 1.29 is 27.8 Å². The van der Waals surface area contributed by atoms with Crippen molar-refractivity contribution >= 4 is 23.1 Å². The summed E-state index contributed by atoms with van der Waals surface area (Å²) in [6, 6.07) is 9.69. The number of alkyl halides is 1. The van der Waals surface area contributed by atoms with Gasteiger partial charge in [-0.3, -0.25) is 0 Å². The number of oxazole rings is 1.